The summed E-state index contributed by atoms with van der Waals surface area (Å²) in [4.78, 5) is 23.7. The second-order valence-corrected chi connectivity index (χ2v) is 8.04. The Bertz CT molecular complexity index is 1230. The van der Waals surface area contributed by atoms with Crippen LogP contribution in [0.3, 0.4) is 0 Å². The molecule has 4 aromatic rings. The molecular weight excluding hydrogens is 368 g/mol. The Morgan fingerprint density at radius 3 is 2.93 bits per heavy atom. The number of aromatic nitrogens is 6. The molecule has 0 aromatic carbocycles. The number of pyridine rings is 1. The molecule has 4 aromatic heterocycles. The molecule has 1 amide bonds. The molecule has 0 aliphatic heterocycles. The van der Waals surface area contributed by atoms with Gasteiger partial charge in [0.1, 0.15) is 11.5 Å². The highest BCUT2D eigenvalue weighted by molar-refractivity contribution is 5.93. The number of nitrogens with one attached hydrogen (secondary N) is 3. The highest BCUT2D eigenvalue weighted by Crippen LogP contribution is 2.34. The topological polar surface area (TPSA) is 113 Å². The average Bonchev–Trinajstić information content (AvgIpc) is 3.23. The first kappa shape index (κ1) is 17.6. The van der Waals surface area contributed by atoms with Crippen LogP contribution in [0.4, 0.5) is 5.95 Å². The molecule has 29 heavy (non-hydrogen) atoms. The first-order valence-electron chi connectivity index (χ1n) is 9.61. The molecule has 0 saturated heterocycles. The van der Waals surface area contributed by atoms with Gasteiger partial charge < -0.3 is 15.6 Å². The lowest BCUT2D eigenvalue weighted by atomic mass is 9.74. The van der Waals surface area contributed by atoms with Gasteiger partial charge in [-0.3, -0.25) is 9.20 Å². The van der Waals surface area contributed by atoms with E-state index in [1.54, 1.807) is 6.92 Å². The van der Waals surface area contributed by atoms with E-state index in [4.69, 9.17) is 0 Å². The number of carbonyl (C=O) groups excluding carboxylic acids is 1. The summed E-state index contributed by atoms with van der Waals surface area (Å²) in [5.41, 5.74) is 3.53. The molecule has 1 saturated carbocycles. The largest absolute Gasteiger partial charge is 0.351 e. The molecular formula is C20H22N8O. The van der Waals surface area contributed by atoms with Crippen LogP contribution >= 0.6 is 0 Å². The predicted molar refractivity (Wildman–Crippen MR) is 109 cm³/mol. The Balaban J connectivity index is 1.37. The molecule has 1 aliphatic carbocycles. The third-order valence-corrected chi connectivity index (χ3v) is 5.52. The smallest absolute Gasteiger partial charge is 0.224 e. The first-order valence-corrected chi connectivity index (χ1v) is 9.61. The van der Waals surface area contributed by atoms with E-state index >= 15 is 0 Å². The summed E-state index contributed by atoms with van der Waals surface area (Å²) in [5, 5.41) is 15.6. The zero-order valence-corrected chi connectivity index (χ0v) is 16.5. The molecule has 3 N–H and O–H groups in total. The Morgan fingerprint density at radius 2 is 2.14 bits per heavy atom. The minimum Gasteiger partial charge on any atom is -0.351 e. The van der Waals surface area contributed by atoms with Gasteiger partial charge in [-0.15, -0.1) is 10.2 Å². The van der Waals surface area contributed by atoms with Gasteiger partial charge in [0.2, 0.25) is 11.9 Å². The van der Waals surface area contributed by atoms with Crippen LogP contribution in [0, 0.1) is 6.92 Å². The van der Waals surface area contributed by atoms with Gasteiger partial charge in [-0.05, 0) is 38.8 Å². The average molecular weight is 390 g/mol. The maximum atomic E-state index is 11.3. The molecule has 4 heterocycles. The van der Waals surface area contributed by atoms with E-state index in [-0.39, 0.29) is 17.5 Å². The van der Waals surface area contributed by atoms with E-state index < -0.39 is 0 Å². The summed E-state index contributed by atoms with van der Waals surface area (Å²) in [7, 11) is 0. The fourth-order valence-corrected chi connectivity index (χ4v) is 4.22. The van der Waals surface area contributed by atoms with Crippen LogP contribution in [0.25, 0.3) is 27.8 Å². The van der Waals surface area contributed by atoms with Crippen LogP contribution in [0.5, 0.6) is 0 Å². The van der Waals surface area contributed by atoms with Crippen molar-refractivity contribution in [3.05, 3.63) is 36.5 Å². The van der Waals surface area contributed by atoms with Crippen LogP contribution in [-0.4, -0.2) is 47.0 Å². The van der Waals surface area contributed by atoms with Crippen molar-refractivity contribution < 1.29 is 4.79 Å². The standard InChI is InChI=1S/C20H22N8O/c1-11-26-27-17-5-4-13(10-28(11)17)15-8-21-18-16(15)9-22-19(24-18)23-14-6-20(3,7-14)25-12(2)29/h4-5,8-10,14H,6-7H2,1-3H3,(H,25,29)(H2,21,22,23,24)/t14-,20-. The fraction of sp³-hybridized carbons (Fsp3) is 0.350. The number of carbonyl (C=O) groups is 1. The van der Waals surface area contributed by atoms with Gasteiger partial charge >= 0.3 is 0 Å². The summed E-state index contributed by atoms with van der Waals surface area (Å²) in [6.07, 6.45) is 7.51. The van der Waals surface area contributed by atoms with Gasteiger partial charge in [-0.2, -0.15) is 4.98 Å². The highest BCUT2D eigenvalue weighted by Gasteiger charge is 2.41. The number of H-pyrrole nitrogens is 1. The van der Waals surface area contributed by atoms with Crippen molar-refractivity contribution >= 4 is 28.5 Å². The summed E-state index contributed by atoms with van der Waals surface area (Å²) in [6.45, 7) is 5.54. The van der Waals surface area contributed by atoms with Crippen molar-refractivity contribution in [2.75, 3.05) is 5.32 Å². The van der Waals surface area contributed by atoms with Gasteiger partial charge in [-0.1, -0.05) is 0 Å². The zero-order valence-electron chi connectivity index (χ0n) is 16.5. The van der Waals surface area contributed by atoms with E-state index in [0.717, 1.165) is 46.5 Å². The number of anilines is 1. The fourth-order valence-electron chi connectivity index (χ4n) is 4.22. The highest BCUT2D eigenvalue weighted by atomic mass is 16.1. The number of fused-ring (bicyclic) bond motifs is 2. The normalized spacial score (nSPS) is 21.3. The van der Waals surface area contributed by atoms with Crippen LogP contribution in [-0.2, 0) is 4.79 Å². The van der Waals surface area contributed by atoms with Crippen molar-refractivity contribution in [2.45, 2.75) is 45.2 Å². The summed E-state index contributed by atoms with van der Waals surface area (Å²) < 4.78 is 1.97. The second kappa shape index (κ2) is 6.26. The van der Waals surface area contributed by atoms with Crippen molar-refractivity contribution in [3.8, 4) is 11.1 Å². The number of nitrogens with zero attached hydrogens (tertiary/aromatic N) is 5. The minimum absolute atomic E-state index is 0.00221. The molecule has 148 valence electrons. The van der Waals surface area contributed by atoms with Gasteiger partial charge in [0.25, 0.3) is 0 Å². The maximum absolute atomic E-state index is 11.3. The molecule has 9 heteroatoms. The molecule has 1 aliphatic rings. The van der Waals surface area contributed by atoms with Crippen molar-refractivity contribution in [2.24, 2.45) is 0 Å². The molecule has 5 rings (SSSR count). The van der Waals surface area contributed by atoms with Gasteiger partial charge in [-0.25, -0.2) is 4.98 Å². The van der Waals surface area contributed by atoms with Gasteiger partial charge in [0, 0.05) is 53.6 Å². The van der Waals surface area contributed by atoms with Crippen molar-refractivity contribution in [3.63, 3.8) is 0 Å². The third-order valence-electron chi connectivity index (χ3n) is 5.52. The molecule has 0 spiro atoms. The van der Waals surface area contributed by atoms with Crippen LogP contribution in [0.2, 0.25) is 0 Å². The molecule has 0 radical (unpaired) electrons. The van der Waals surface area contributed by atoms with Crippen molar-refractivity contribution in [1.82, 2.24) is 34.9 Å². The monoisotopic (exact) mass is 390 g/mol. The summed E-state index contributed by atoms with van der Waals surface area (Å²) in [5.74, 6) is 1.43. The maximum Gasteiger partial charge on any atom is 0.224 e. The Hall–Kier alpha value is -3.49. The van der Waals surface area contributed by atoms with Crippen LogP contribution in [0.1, 0.15) is 32.5 Å². The lowest BCUT2D eigenvalue weighted by Gasteiger charge is -2.45. The molecule has 0 bridgehead atoms. The molecule has 0 unspecified atom stereocenters. The van der Waals surface area contributed by atoms with Gasteiger partial charge in [0.05, 0.1) is 0 Å². The molecule has 1 fully saturated rings. The van der Waals surface area contributed by atoms with Crippen LogP contribution < -0.4 is 10.6 Å². The Kier molecular flexibility index (Phi) is 3.80. The molecule has 9 nitrogen and oxygen atoms in total. The minimum atomic E-state index is -0.147. The number of hydrogen-bond acceptors (Lipinski definition) is 6. The zero-order chi connectivity index (χ0) is 20.2. The van der Waals surface area contributed by atoms with E-state index in [2.05, 4.69) is 42.7 Å². The second-order valence-electron chi connectivity index (χ2n) is 8.04. The predicted octanol–water partition coefficient (Wildman–Crippen LogP) is 2.45. The summed E-state index contributed by atoms with van der Waals surface area (Å²) >= 11 is 0. The van der Waals surface area contributed by atoms with E-state index in [9.17, 15) is 4.79 Å². The van der Waals surface area contributed by atoms with E-state index in [0.29, 0.717) is 5.95 Å². The number of hydrogen-bond donors (Lipinski definition) is 3. The lowest BCUT2D eigenvalue weighted by molar-refractivity contribution is -0.121. The third kappa shape index (κ3) is 3.08. The van der Waals surface area contributed by atoms with Crippen LogP contribution in [0.15, 0.2) is 30.7 Å². The number of rotatable bonds is 4. The first-order chi connectivity index (χ1) is 13.9. The van der Waals surface area contributed by atoms with Gasteiger partial charge in [0.15, 0.2) is 5.65 Å². The molecule has 0 atom stereocenters. The van der Waals surface area contributed by atoms with Crippen molar-refractivity contribution in [1.29, 1.82) is 0 Å². The van der Waals surface area contributed by atoms with E-state index in [1.807, 2.05) is 42.0 Å². The quantitative estimate of drug-likeness (QED) is 0.493. The number of aromatic amines is 1. The Morgan fingerprint density at radius 1 is 1.31 bits per heavy atom. The lowest BCUT2D eigenvalue weighted by Crippen LogP contribution is -2.59. The summed E-state index contributed by atoms with van der Waals surface area (Å²) in [6, 6.07) is 4.22. The number of amides is 1. The Labute approximate surface area is 167 Å². The number of aryl methyl sites for hydroxylation is 1. The SMILES string of the molecule is CC(=O)N[C@]1(C)C[C@@H](Nc2ncc3c(-c4ccc5nnc(C)n5c4)c[nH]c3n2)C1. The van der Waals surface area contributed by atoms with E-state index in [1.165, 1.54) is 0 Å².